The largest absolute Gasteiger partial charge is 0.350 e. The molecule has 3 N–H and O–H groups in total. The first-order valence-corrected chi connectivity index (χ1v) is 5.37. The van der Waals surface area contributed by atoms with Crippen LogP contribution in [0.1, 0.15) is 44.9 Å². The lowest BCUT2D eigenvalue weighted by molar-refractivity contribution is 0.249. The summed E-state index contributed by atoms with van der Waals surface area (Å²) in [4.78, 5) is 10.4. The van der Waals surface area contributed by atoms with Crippen LogP contribution in [0.4, 0.5) is 4.79 Å². The molecule has 14 heavy (non-hydrogen) atoms. The van der Waals surface area contributed by atoms with Crippen LogP contribution in [0.3, 0.4) is 0 Å². The van der Waals surface area contributed by atoms with E-state index in [4.69, 9.17) is 5.73 Å². The molecule has 0 aromatic rings. The molecule has 1 aliphatic rings. The molecule has 1 fully saturated rings. The Morgan fingerprint density at radius 1 is 1.21 bits per heavy atom. The summed E-state index contributed by atoms with van der Waals surface area (Å²) >= 11 is 0. The van der Waals surface area contributed by atoms with Gasteiger partial charge in [0.2, 0.25) is 0 Å². The molecular formula is C10H19N3O. The zero-order valence-corrected chi connectivity index (χ0v) is 8.54. The highest BCUT2D eigenvalue weighted by atomic mass is 16.2. The van der Waals surface area contributed by atoms with Gasteiger partial charge in [0.05, 0.1) is 0 Å². The molecule has 0 atom stereocenters. The smallest absolute Gasteiger partial charge is 0.332 e. The Kier molecular flexibility index (Phi) is 5.04. The fourth-order valence-electron chi connectivity index (χ4n) is 1.84. The maximum absolute atomic E-state index is 10.4. The van der Waals surface area contributed by atoms with E-state index in [0.29, 0.717) is 5.92 Å². The van der Waals surface area contributed by atoms with E-state index in [1.165, 1.54) is 44.9 Å². The van der Waals surface area contributed by atoms with Crippen LogP contribution in [0.25, 0.3) is 0 Å². The van der Waals surface area contributed by atoms with E-state index in [-0.39, 0.29) is 0 Å². The van der Waals surface area contributed by atoms with E-state index < -0.39 is 6.03 Å². The van der Waals surface area contributed by atoms with Gasteiger partial charge in [-0.1, -0.05) is 32.1 Å². The summed E-state index contributed by atoms with van der Waals surface area (Å²) in [5.41, 5.74) is 7.14. The van der Waals surface area contributed by atoms with Crippen molar-refractivity contribution >= 4 is 12.2 Å². The molecule has 0 saturated heterocycles. The molecule has 4 heteroatoms. The molecule has 0 radical (unpaired) electrons. The maximum Gasteiger partial charge on any atom is 0.332 e. The first-order chi connectivity index (χ1) is 6.79. The number of hydrogen-bond acceptors (Lipinski definition) is 2. The summed E-state index contributed by atoms with van der Waals surface area (Å²) in [7, 11) is 0. The molecule has 4 nitrogen and oxygen atoms in total. The van der Waals surface area contributed by atoms with Gasteiger partial charge in [-0.3, -0.25) is 0 Å². The van der Waals surface area contributed by atoms with Gasteiger partial charge in [-0.15, -0.1) is 0 Å². The van der Waals surface area contributed by atoms with Crippen LogP contribution in [-0.2, 0) is 0 Å². The number of amides is 2. The quantitative estimate of drug-likeness (QED) is 0.516. The highest BCUT2D eigenvalue weighted by Crippen LogP contribution is 2.20. The third kappa shape index (κ3) is 4.84. The van der Waals surface area contributed by atoms with Crippen molar-refractivity contribution in [2.75, 3.05) is 0 Å². The van der Waals surface area contributed by atoms with Crippen molar-refractivity contribution < 1.29 is 4.79 Å². The van der Waals surface area contributed by atoms with Crippen molar-refractivity contribution in [3.8, 4) is 0 Å². The molecule has 0 unspecified atom stereocenters. The Bertz CT molecular complexity index is 196. The van der Waals surface area contributed by atoms with Crippen LogP contribution >= 0.6 is 0 Å². The van der Waals surface area contributed by atoms with Gasteiger partial charge in [0, 0.05) is 6.21 Å². The number of carbonyl (C=O) groups excluding carboxylic acids is 1. The van der Waals surface area contributed by atoms with Gasteiger partial charge in [-0.25, -0.2) is 10.2 Å². The SMILES string of the molecule is NC(=O)N/N=C/C1CCCCCCC1. The number of nitrogens with zero attached hydrogens (tertiary/aromatic N) is 1. The molecule has 0 aliphatic heterocycles. The van der Waals surface area contributed by atoms with Crippen LogP contribution in [0.5, 0.6) is 0 Å². The van der Waals surface area contributed by atoms with Crippen LogP contribution in [0.15, 0.2) is 5.10 Å². The number of rotatable bonds is 2. The molecule has 1 saturated carbocycles. The molecular weight excluding hydrogens is 178 g/mol. The molecule has 0 aromatic carbocycles. The van der Waals surface area contributed by atoms with Gasteiger partial charge in [0.25, 0.3) is 0 Å². The Morgan fingerprint density at radius 3 is 2.36 bits per heavy atom. The van der Waals surface area contributed by atoms with E-state index in [1.807, 2.05) is 6.21 Å². The molecule has 1 rings (SSSR count). The number of urea groups is 1. The maximum atomic E-state index is 10.4. The molecule has 0 heterocycles. The van der Waals surface area contributed by atoms with E-state index in [9.17, 15) is 4.79 Å². The van der Waals surface area contributed by atoms with Gasteiger partial charge in [-0.05, 0) is 18.8 Å². The van der Waals surface area contributed by atoms with Crippen molar-refractivity contribution in [2.45, 2.75) is 44.9 Å². The van der Waals surface area contributed by atoms with Gasteiger partial charge in [-0.2, -0.15) is 5.10 Å². The third-order valence-corrected chi connectivity index (χ3v) is 2.61. The predicted octanol–water partition coefficient (Wildman–Crippen LogP) is 2.00. The van der Waals surface area contributed by atoms with Crippen LogP contribution in [-0.4, -0.2) is 12.2 Å². The zero-order chi connectivity index (χ0) is 10.2. The van der Waals surface area contributed by atoms with Gasteiger partial charge in [0.1, 0.15) is 0 Å². The summed E-state index contributed by atoms with van der Waals surface area (Å²) in [6, 6.07) is -0.591. The molecule has 80 valence electrons. The Labute approximate surface area is 84.9 Å². The normalized spacial score (nSPS) is 20.3. The number of hydrogen-bond donors (Lipinski definition) is 2. The minimum absolute atomic E-state index is 0.516. The summed E-state index contributed by atoms with van der Waals surface area (Å²) in [5.74, 6) is 0.516. The number of hydrazone groups is 1. The first-order valence-electron chi connectivity index (χ1n) is 5.37. The van der Waals surface area contributed by atoms with Crippen molar-refractivity contribution in [3.63, 3.8) is 0 Å². The number of primary amides is 1. The van der Waals surface area contributed by atoms with E-state index in [0.717, 1.165) is 0 Å². The van der Waals surface area contributed by atoms with E-state index in [1.54, 1.807) is 0 Å². The van der Waals surface area contributed by atoms with Crippen LogP contribution < -0.4 is 11.2 Å². The monoisotopic (exact) mass is 197 g/mol. The fourth-order valence-corrected chi connectivity index (χ4v) is 1.84. The molecule has 0 bridgehead atoms. The topological polar surface area (TPSA) is 67.5 Å². The molecule has 0 spiro atoms. The third-order valence-electron chi connectivity index (χ3n) is 2.61. The van der Waals surface area contributed by atoms with Crippen molar-refractivity contribution in [1.82, 2.24) is 5.43 Å². The lowest BCUT2D eigenvalue weighted by Gasteiger charge is -2.14. The second kappa shape index (κ2) is 6.40. The average molecular weight is 197 g/mol. The standard InChI is InChI=1S/C10H19N3O/c11-10(14)13-12-8-9-6-4-2-1-3-5-7-9/h8-9H,1-7H2,(H3,11,13,14)/b12-8+. The molecule has 0 aromatic heterocycles. The van der Waals surface area contributed by atoms with E-state index >= 15 is 0 Å². The Balaban J connectivity index is 2.26. The minimum atomic E-state index is -0.591. The zero-order valence-electron chi connectivity index (χ0n) is 8.54. The summed E-state index contributed by atoms with van der Waals surface area (Å²) in [5, 5.41) is 3.82. The summed E-state index contributed by atoms with van der Waals surface area (Å²) in [6.07, 6.45) is 10.8. The second-order valence-corrected chi connectivity index (χ2v) is 3.86. The highest BCUT2D eigenvalue weighted by molar-refractivity contribution is 5.73. The second-order valence-electron chi connectivity index (χ2n) is 3.86. The summed E-state index contributed by atoms with van der Waals surface area (Å²) < 4.78 is 0. The van der Waals surface area contributed by atoms with Gasteiger partial charge >= 0.3 is 6.03 Å². The lowest BCUT2D eigenvalue weighted by atomic mass is 9.92. The van der Waals surface area contributed by atoms with E-state index in [2.05, 4.69) is 10.5 Å². The number of nitrogens with two attached hydrogens (primary N) is 1. The number of carbonyl (C=O) groups is 1. The number of nitrogens with one attached hydrogen (secondary N) is 1. The summed E-state index contributed by atoms with van der Waals surface area (Å²) in [6.45, 7) is 0. The molecule has 1 aliphatic carbocycles. The van der Waals surface area contributed by atoms with Crippen molar-refractivity contribution in [1.29, 1.82) is 0 Å². The highest BCUT2D eigenvalue weighted by Gasteiger charge is 2.08. The van der Waals surface area contributed by atoms with Crippen LogP contribution in [0, 0.1) is 5.92 Å². The lowest BCUT2D eigenvalue weighted by Crippen LogP contribution is -2.25. The van der Waals surface area contributed by atoms with Gasteiger partial charge < -0.3 is 5.73 Å². The Morgan fingerprint density at radius 2 is 1.79 bits per heavy atom. The Hall–Kier alpha value is -1.06. The van der Waals surface area contributed by atoms with Crippen LogP contribution in [0.2, 0.25) is 0 Å². The van der Waals surface area contributed by atoms with Gasteiger partial charge in [0.15, 0.2) is 0 Å². The van der Waals surface area contributed by atoms with Crippen molar-refractivity contribution in [2.24, 2.45) is 16.8 Å². The first kappa shape index (κ1) is 11.0. The molecule has 2 amide bonds. The predicted molar refractivity (Wildman–Crippen MR) is 57.0 cm³/mol. The minimum Gasteiger partial charge on any atom is -0.350 e. The van der Waals surface area contributed by atoms with Crippen molar-refractivity contribution in [3.05, 3.63) is 0 Å². The average Bonchev–Trinajstić information content (AvgIpc) is 2.07. The fraction of sp³-hybridized carbons (Fsp3) is 0.800.